The monoisotopic (exact) mass is 310 g/mol. The molecule has 0 aromatic carbocycles. The fourth-order valence-corrected chi connectivity index (χ4v) is 4.71. The van der Waals surface area contributed by atoms with Gasteiger partial charge < -0.3 is 9.84 Å². The second-order valence-corrected chi connectivity index (χ2v) is 8.81. The van der Waals surface area contributed by atoms with Crippen LogP contribution < -0.4 is 0 Å². The summed E-state index contributed by atoms with van der Waals surface area (Å²) in [6, 6.07) is 0. The Hall–Kier alpha value is -0.0800. The van der Waals surface area contributed by atoms with Gasteiger partial charge in [-0.05, 0) is 89.4 Å². The molecule has 1 N–H and O–H groups in total. The van der Waals surface area contributed by atoms with Gasteiger partial charge in [0, 0.05) is 0 Å². The van der Waals surface area contributed by atoms with E-state index in [4.69, 9.17) is 4.74 Å². The van der Waals surface area contributed by atoms with Crippen molar-refractivity contribution >= 4 is 0 Å². The molecule has 0 aliphatic heterocycles. The van der Waals surface area contributed by atoms with E-state index in [0.29, 0.717) is 5.92 Å². The van der Waals surface area contributed by atoms with E-state index >= 15 is 0 Å². The summed E-state index contributed by atoms with van der Waals surface area (Å²) in [5.41, 5.74) is 0.0474. The molecule has 22 heavy (non-hydrogen) atoms. The quantitative estimate of drug-likeness (QED) is 0.744. The van der Waals surface area contributed by atoms with Gasteiger partial charge in [0.25, 0.3) is 0 Å². The Morgan fingerprint density at radius 3 is 2.09 bits per heavy atom. The lowest BCUT2D eigenvalue weighted by atomic mass is 9.72. The van der Waals surface area contributed by atoms with Crippen LogP contribution in [0.15, 0.2) is 0 Å². The Bertz CT molecular complexity index is 336. The van der Waals surface area contributed by atoms with Crippen molar-refractivity contribution in [3.63, 3.8) is 0 Å². The Morgan fingerprint density at radius 1 is 1.09 bits per heavy atom. The molecular formula is C20H38O2. The largest absolute Gasteiger partial charge is 0.393 e. The Labute approximate surface area is 138 Å². The molecule has 2 heteroatoms. The number of hydrogen-bond donors (Lipinski definition) is 1. The van der Waals surface area contributed by atoms with Crippen LogP contribution in [0.3, 0.4) is 0 Å². The second kappa shape index (κ2) is 7.21. The lowest BCUT2D eigenvalue weighted by Crippen LogP contribution is -2.48. The minimum absolute atomic E-state index is 0.0143. The molecule has 0 aromatic heterocycles. The van der Waals surface area contributed by atoms with E-state index in [1.165, 1.54) is 25.7 Å². The normalized spacial score (nSPS) is 39.7. The molecule has 0 saturated heterocycles. The third-order valence-corrected chi connectivity index (χ3v) is 6.77. The molecule has 2 fully saturated rings. The van der Waals surface area contributed by atoms with Crippen molar-refractivity contribution in [2.45, 2.75) is 110 Å². The first-order valence-electron chi connectivity index (χ1n) is 9.66. The molecule has 2 aliphatic rings. The van der Waals surface area contributed by atoms with E-state index in [-0.39, 0.29) is 17.3 Å². The average Bonchev–Trinajstić information content (AvgIpc) is 2.47. The molecule has 2 aliphatic carbocycles. The van der Waals surface area contributed by atoms with E-state index < -0.39 is 0 Å². The standard InChI is InChI=1S/C20H38O2/c1-6-20(5,17-7-9-18(21)10-8-17)22-19(4)13-11-16(12-14-19)15(2)3/h15-18,21H,6-14H2,1-5H3. The zero-order chi connectivity index (χ0) is 16.4. The van der Waals surface area contributed by atoms with Crippen molar-refractivity contribution in [1.82, 2.24) is 0 Å². The molecule has 2 saturated carbocycles. The number of rotatable bonds is 5. The molecular weight excluding hydrogens is 272 g/mol. The van der Waals surface area contributed by atoms with Gasteiger partial charge in [0.2, 0.25) is 0 Å². The zero-order valence-corrected chi connectivity index (χ0v) is 15.5. The van der Waals surface area contributed by atoms with Gasteiger partial charge in [-0.2, -0.15) is 0 Å². The fraction of sp³-hybridized carbons (Fsp3) is 1.00. The maximum absolute atomic E-state index is 9.78. The van der Waals surface area contributed by atoms with Crippen LogP contribution in [0.1, 0.15) is 92.4 Å². The summed E-state index contributed by atoms with van der Waals surface area (Å²) >= 11 is 0. The van der Waals surface area contributed by atoms with Crippen LogP contribution >= 0.6 is 0 Å². The van der Waals surface area contributed by atoms with Gasteiger partial charge in [-0.1, -0.05) is 20.8 Å². The van der Waals surface area contributed by atoms with Gasteiger partial charge >= 0.3 is 0 Å². The van der Waals surface area contributed by atoms with Crippen LogP contribution in [-0.2, 0) is 4.74 Å². The lowest BCUT2D eigenvalue weighted by molar-refractivity contribution is -0.191. The van der Waals surface area contributed by atoms with E-state index in [9.17, 15) is 5.11 Å². The second-order valence-electron chi connectivity index (χ2n) is 8.81. The summed E-state index contributed by atoms with van der Waals surface area (Å²) in [7, 11) is 0. The first-order valence-corrected chi connectivity index (χ1v) is 9.66. The Balaban J connectivity index is 1.97. The van der Waals surface area contributed by atoms with E-state index in [2.05, 4.69) is 34.6 Å². The number of aliphatic hydroxyl groups excluding tert-OH is 1. The molecule has 0 spiro atoms. The smallest absolute Gasteiger partial charge is 0.0687 e. The van der Waals surface area contributed by atoms with Gasteiger partial charge in [-0.15, -0.1) is 0 Å². The lowest BCUT2D eigenvalue weighted by Gasteiger charge is -2.48. The van der Waals surface area contributed by atoms with Crippen molar-refractivity contribution in [2.75, 3.05) is 0 Å². The predicted octanol–water partition coefficient (Wildman–Crippen LogP) is 5.33. The molecule has 0 amide bonds. The van der Waals surface area contributed by atoms with Gasteiger partial charge in [0.15, 0.2) is 0 Å². The molecule has 0 radical (unpaired) electrons. The van der Waals surface area contributed by atoms with E-state index in [1.807, 2.05) is 0 Å². The maximum atomic E-state index is 9.78. The SMILES string of the molecule is CCC(C)(OC1(C)CCC(C(C)C)CC1)C1CCC(O)CC1. The number of ether oxygens (including phenoxy) is 1. The highest BCUT2D eigenvalue weighted by molar-refractivity contribution is 4.93. The molecule has 0 heterocycles. The Morgan fingerprint density at radius 2 is 1.64 bits per heavy atom. The third-order valence-electron chi connectivity index (χ3n) is 6.77. The number of aliphatic hydroxyl groups is 1. The van der Waals surface area contributed by atoms with Crippen LogP contribution in [0.25, 0.3) is 0 Å². The Kier molecular flexibility index (Phi) is 5.99. The van der Waals surface area contributed by atoms with Crippen molar-refractivity contribution in [3.8, 4) is 0 Å². The van der Waals surface area contributed by atoms with Crippen LogP contribution in [-0.4, -0.2) is 22.4 Å². The van der Waals surface area contributed by atoms with Gasteiger partial charge in [0.05, 0.1) is 17.3 Å². The van der Waals surface area contributed by atoms with Gasteiger partial charge in [0.1, 0.15) is 0 Å². The van der Waals surface area contributed by atoms with Crippen LogP contribution in [0.2, 0.25) is 0 Å². The van der Waals surface area contributed by atoms with Gasteiger partial charge in [-0.25, -0.2) is 0 Å². The highest BCUT2D eigenvalue weighted by Gasteiger charge is 2.43. The zero-order valence-electron chi connectivity index (χ0n) is 15.5. The first kappa shape index (κ1) is 18.3. The summed E-state index contributed by atoms with van der Waals surface area (Å²) in [6.45, 7) is 11.7. The summed E-state index contributed by atoms with van der Waals surface area (Å²) in [6.07, 6.45) is 10.2. The van der Waals surface area contributed by atoms with E-state index in [1.54, 1.807) is 0 Å². The number of hydrogen-bond acceptors (Lipinski definition) is 2. The highest BCUT2D eigenvalue weighted by Crippen LogP contribution is 2.45. The summed E-state index contributed by atoms with van der Waals surface area (Å²) in [4.78, 5) is 0. The first-order chi connectivity index (χ1) is 10.3. The van der Waals surface area contributed by atoms with Gasteiger partial charge in [-0.3, -0.25) is 0 Å². The third kappa shape index (κ3) is 4.26. The minimum Gasteiger partial charge on any atom is -0.393 e. The average molecular weight is 311 g/mol. The van der Waals surface area contributed by atoms with Crippen LogP contribution in [0.5, 0.6) is 0 Å². The van der Waals surface area contributed by atoms with Crippen molar-refractivity contribution < 1.29 is 9.84 Å². The summed E-state index contributed by atoms with van der Waals surface area (Å²) < 4.78 is 6.84. The van der Waals surface area contributed by atoms with Crippen molar-refractivity contribution in [3.05, 3.63) is 0 Å². The van der Waals surface area contributed by atoms with E-state index in [0.717, 1.165) is 43.9 Å². The van der Waals surface area contributed by atoms with Crippen LogP contribution in [0.4, 0.5) is 0 Å². The van der Waals surface area contributed by atoms with Crippen molar-refractivity contribution in [2.24, 2.45) is 17.8 Å². The topological polar surface area (TPSA) is 29.5 Å². The highest BCUT2D eigenvalue weighted by atomic mass is 16.5. The molecule has 1 unspecified atom stereocenters. The predicted molar refractivity (Wildman–Crippen MR) is 92.9 cm³/mol. The molecule has 0 bridgehead atoms. The molecule has 2 nitrogen and oxygen atoms in total. The minimum atomic E-state index is -0.0746. The van der Waals surface area contributed by atoms with Crippen LogP contribution in [0, 0.1) is 17.8 Å². The summed E-state index contributed by atoms with van der Waals surface area (Å²) in [5.74, 6) is 2.30. The summed E-state index contributed by atoms with van der Waals surface area (Å²) in [5, 5.41) is 9.78. The fourth-order valence-electron chi connectivity index (χ4n) is 4.71. The molecule has 0 aromatic rings. The molecule has 130 valence electrons. The maximum Gasteiger partial charge on any atom is 0.0687 e. The van der Waals surface area contributed by atoms with Crippen molar-refractivity contribution in [1.29, 1.82) is 0 Å². The molecule has 2 rings (SSSR count). The molecule has 1 atom stereocenters.